The number of hydrogen-bond donors (Lipinski definition) is 2. The van der Waals surface area contributed by atoms with Gasteiger partial charge in [0.05, 0.1) is 23.5 Å². The number of amides is 1. The molecule has 25 heavy (non-hydrogen) atoms. The number of para-hydroxylation sites is 1. The molecule has 2 aliphatic heterocycles. The van der Waals surface area contributed by atoms with Crippen LogP contribution in [0.4, 0.5) is 5.69 Å². The molecule has 0 bridgehead atoms. The average molecular weight is 358 g/mol. The number of carbonyl (C=O) groups is 1. The van der Waals surface area contributed by atoms with Gasteiger partial charge in [-0.15, -0.1) is 0 Å². The van der Waals surface area contributed by atoms with Crippen molar-refractivity contribution in [3.05, 3.63) is 53.6 Å². The third-order valence-electron chi connectivity index (χ3n) is 4.71. The molecule has 0 aromatic heterocycles. The molecule has 0 saturated heterocycles. The minimum atomic E-state index is -3.71. The fourth-order valence-corrected chi connectivity index (χ4v) is 4.57. The standard InChI is InChI=1S/C18H18N2O4S/c1-11-14-10-12(6-7-15(14)19-18(11)21)25(22,23)20-16-8-9-24-17-5-3-2-4-13(16)17/h2-7,10-11,16,20H,8-9H2,1H3,(H,19,21)/t11-,16-/m0/s1. The van der Waals surface area contributed by atoms with E-state index < -0.39 is 10.0 Å². The van der Waals surface area contributed by atoms with Crippen molar-refractivity contribution >= 4 is 21.6 Å². The Morgan fingerprint density at radius 3 is 2.80 bits per heavy atom. The van der Waals surface area contributed by atoms with E-state index in [1.54, 1.807) is 19.1 Å². The second kappa shape index (κ2) is 5.86. The molecule has 1 amide bonds. The zero-order chi connectivity index (χ0) is 17.6. The minimum absolute atomic E-state index is 0.115. The molecule has 2 aliphatic rings. The van der Waals surface area contributed by atoms with E-state index in [1.807, 2.05) is 24.3 Å². The Balaban J connectivity index is 1.65. The highest BCUT2D eigenvalue weighted by atomic mass is 32.2. The first kappa shape index (κ1) is 16.1. The molecule has 0 spiro atoms. The van der Waals surface area contributed by atoms with Crippen LogP contribution in [0.25, 0.3) is 0 Å². The number of benzene rings is 2. The number of sulfonamides is 1. The van der Waals surface area contributed by atoms with Crippen molar-refractivity contribution < 1.29 is 17.9 Å². The van der Waals surface area contributed by atoms with Gasteiger partial charge in [0.15, 0.2) is 0 Å². The highest BCUT2D eigenvalue weighted by Crippen LogP contribution is 2.35. The first-order chi connectivity index (χ1) is 12.0. The Labute approximate surface area is 146 Å². The first-order valence-electron chi connectivity index (χ1n) is 8.14. The van der Waals surface area contributed by atoms with Crippen LogP contribution < -0.4 is 14.8 Å². The molecule has 130 valence electrons. The second-order valence-corrected chi connectivity index (χ2v) is 8.02. The van der Waals surface area contributed by atoms with Crippen LogP contribution in [0, 0.1) is 0 Å². The Hall–Kier alpha value is -2.38. The summed E-state index contributed by atoms with van der Waals surface area (Å²) in [6.07, 6.45) is 0.567. The Kier molecular flexibility index (Phi) is 3.77. The summed E-state index contributed by atoms with van der Waals surface area (Å²) in [7, 11) is -3.71. The smallest absolute Gasteiger partial charge is 0.241 e. The van der Waals surface area contributed by atoms with Crippen LogP contribution in [0.1, 0.15) is 36.4 Å². The van der Waals surface area contributed by atoms with Gasteiger partial charge < -0.3 is 10.1 Å². The van der Waals surface area contributed by atoms with E-state index in [0.717, 1.165) is 5.56 Å². The van der Waals surface area contributed by atoms with Crippen LogP contribution >= 0.6 is 0 Å². The molecule has 0 fully saturated rings. The Morgan fingerprint density at radius 1 is 1.16 bits per heavy atom. The molecule has 2 N–H and O–H groups in total. The summed E-state index contributed by atoms with van der Waals surface area (Å²) in [6.45, 7) is 2.23. The lowest BCUT2D eigenvalue weighted by atomic mass is 10.0. The van der Waals surface area contributed by atoms with E-state index in [0.29, 0.717) is 30.0 Å². The molecule has 7 heteroatoms. The van der Waals surface area contributed by atoms with Crippen molar-refractivity contribution in [3.63, 3.8) is 0 Å². The first-order valence-corrected chi connectivity index (χ1v) is 9.63. The monoisotopic (exact) mass is 358 g/mol. The van der Waals surface area contributed by atoms with E-state index in [9.17, 15) is 13.2 Å². The van der Waals surface area contributed by atoms with Crippen molar-refractivity contribution in [3.8, 4) is 5.75 Å². The fraction of sp³-hybridized carbons (Fsp3) is 0.278. The van der Waals surface area contributed by atoms with Gasteiger partial charge in [-0.05, 0) is 36.8 Å². The largest absolute Gasteiger partial charge is 0.493 e. The van der Waals surface area contributed by atoms with Crippen molar-refractivity contribution in [2.45, 2.75) is 30.2 Å². The topological polar surface area (TPSA) is 84.5 Å². The fourth-order valence-electron chi connectivity index (χ4n) is 3.28. The molecule has 0 radical (unpaired) electrons. The average Bonchev–Trinajstić information content (AvgIpc) is 2.89. The molecule has 0 unspecified atom stereocenters. The van der Waals surface area contributed by atoms with Gasteiger partial charge in [0.25, 0.3) is 0 Å². The number of nitrogens with one attached hydrogen (secondary N) is 2. The predicted octanol–water partition coefficient (Wildman–Crippen LogP) is 2.54. The molecule has 2 atom stereocenters. The van der Waals surface area contributed by atoms with Gasteiger partial charge >= 0.3 is 0 Å². The highest BCUT2D eigenvalue weighted by Gasteiger charge is 2.30. The third kappa shape index (κ3) is 2.79. The van der Waals surface area contributed by atoms with E-state index in [-0.39, 0.29) is 22.8 Å². The number of fused-ring (bicyclic) bond motifs is 2. The van der Waals surface area contributed by atoms with Crippen molar-refractivity contribution in [2.24, 2.45) is 0 Å². The highest BCUT2D eigenvalue weighted by molar-refractivity contribution is 7.89. The molecule has 2 heterocycles. The van der Waals surface area contributed by atoms with Gasteiger partial charge in [0.2, 0.25) is 15.9 Å². The second-order valence-electron chi connectivity index (χ2n) is 6.31. The van der Waals surface area contributed by atoms with Crippen LogP contribution in [-0.2, 0) is 14.8 Å². The van der Waals surface area contributed by atoms with Crippen LogP contribution in [0.5, 0.6) is 5.75 Å². The Bertz CT molecular complexity index is 955. The van der Waals surface area contributed by atoms with Gasteiger partial charge in [-0.3, -0.25) is 4.79 Å². The number of hydrogen-bond acceptors (Lipinski definition) is 4. The lowest BCUT2D eigenvalue weighted by molar-refractivity contribution is -0.116. The van der Waals surface area contributed by atoms with Gasteiger partial charge in [0, 0.05) is 17.7 Å². The predicted molar refractivity (Wildman–Crippen MR) is 93.1 cm³/mol. The van der Waals surface area contributed by atoms with Crippen molar-refractivity contribution in [2.75, 3.05) is 11.9 Å². The number of ether oxygens (including phenoxy) is 1. The molecular weight excluding hydrogens is 340 g/mol. The normalized spacial score (nSPS) is 21.9. The summed E-state index contributed by atoms with van der Waals surface area (Å²) in [4.78, 5) is 11.9. The van der Waals surface area contributed by atoms with E-state index in [4.69, 9.17) is 4.74 Å². The van der Waals surface area contributed by atoms with Crippen LogP contribution in [-0.4, -0.2) is 20.9 Å². The zero-order valence-electron chi connectivity index (χ0n) is 13.7. The summed E-state index contributed by atoms with van der Waals surface area (Å²) < 4.78 is 34.0. The van der Waals surface area contributed by atoms with Crippen molar-refractivity contribution in [1.29, 1.82) is 0 Å². The number of carbonyl (C=O) groups excluding carboxylic acids is 1. The summed E-state index contributed by atoms with van der Waals surface area (Å²) in [5, 5.41) is 2.75. The molecule has 6 nitrogen and oxygen atoms in total. The molecule has 0 saturated carbocycles. The Morgan fingerprint density at radius 2 is 1.96 bits per heavy atom. The zero-order valence-corrected chi connectivity index (χ0v) is 14.5. The van der Waals surface area contributed by atoms with Gasteiger partial charge in [-0.1, -0.05) is 18.2 Å². The van der Waals surface area contributed by atoms with E-state index in [2.05, 4.69) is 10.0 Å². The number of rotatable bonds is 3. The minimum Gasteiger partial charge on any atom is -0.493 e. The SMILES string of the molecule is C[C@@H]1C(=O)Nc2ccc(S(=O)(=O)N[C@H]3CCOc4ccccc43)cc21. The van der Waals surface area contributed by atoms with Gasteiger partial charge in [0.1, 0.15) is 5.75 Å². The van der Waals surface area contributed by atoms with Crippen LogP contribution in [0.2, 0.25) is 0 Å². The molecular formula is C18H18N2O4S. The van der Waals surface area contributed by atoms with Crippen LogP contribution in [0.15, 0.2) is 47.4 Å². The lowest BCUT2D eigenvalue weighted by Gasteiger charge is -2.26. The molecule has 0 aliphatic carbocycles. The number of anilines is 1. The summed E-state index contributed by atoms with van der Waals surface area (Å²) in [5.41, 5.74) is 2.22. The summed E-state index contributed by atoms with van der Waals surface area (Å²) in [5.74, 6) is 0.239. The summed E-state index contributed by atoms with van der Waals surface area (Å²) >= 11 is 0. The van der Waals surface area contributed by atoms with Gasteiger partial charge in [-0.2, -0.15) is 0 Å². The maximum Gasteiger partial charge on any atom is 0.241 e. The van der Waals surface area contributed by atoms with E-state index >= 15 is 0 Å². The lowest BCUT2D eigenvalue weighted by Crippen LogP contribution is -2.32. The maximum atomic E-state index is 12.8. The molecule has 4 rings (SSSR count). The quantitative estimate of drug-likeness (QED) is 0.883. The summed E-state index contributed by atoms with van der Waals surface area (Å²) in [6, 6.07) is 11.8. The van der Waals surface area contributed by atoms with Gasteiger partial charge in [-0.25, -0.2) is 13.1 Å². The third-order valence-corrected chi connectivity index (χ3v) is 6.18. The molecule has 2 aromatic rings. The maximum absolute atomic E-state index is 12.8. The van der Waals surface area contributed by atoms with E-state index in [1.165, 1.54) is 6.07 Å². The van der Waals surface area contributed by atoms with Crippen LogP contribution in [0.3, 0.4) is 0 Å². The van der Waals surface area contributed by atoms with Crippen molar-refractivity contribution in [1.82, 2.24) is 4.72 Å². The molecule has 2 aromatic carbocycles.